The van der Waals surface area contributed by atoms with Crippen LogP contribution in [0.25, 0.3) is 0 Å². The summed E-state index contributed by atoms with van der Waals surface area (Å²) in [6.45, 7) is 0. The van der Waals surface area contributed by atoms with Crippen molar-refractivity contribution in [3.63, 3.8) is 0 Å². The number of aryl methyl sites for hydroxylation is 1. The summed E-state index contributed by atoms with van der Waals surface area (Å²) < 4.78 is 36.8. The Labute approximate surface area is 139 Å². The molecule has 0 bridgehead atoms. The highest BCUT2D eigenvalue weighted by Crippen LogP contribution is 2.23. The van der Waals surface area contributed by atoms with E-state index in [2.05, 4.69) is 45.4 Å². The summed E-state index contributed by atoms with van der Waals surface area (Å²) in [6.07, 6.45) is 2.87. The van der Waals surface area contributed by atoms with E-state index in [-0.39, 0.29) is 6.42 Å². The molecule has 0 fully saturated rings. The average molecular weight is 330 g/mol. The highest BCUT2D eigenvalue weighted by Gasteiger charge is 2.25. The fraction of sp³-hybridized carbons (Fsp3) is 0.684. The van der Waals surface area contributed by atoms with Gasteiger partial charge in [0.25, 0.3) is 0 Å². The first-order valence-electron chi connectivity index (χ1n) is 8.66. The van der Waals surface area contributed by atoms with Gasteiger partial charge in [0.2, 0.25) is 0 Å². The molecule has 1 rings (SSSR count). The van der Waals surface area contributed by atoms with Gasteiger partial charge in [0, 0.05) is 12.5 Å². The molecule has 0 aliphatic rings. The summed E-state index contributed by atoms with van der Waals surface area (Å²) in [4.78, 5) is 0. The fourth-order valence-electron chi connectivity index (χ4n) is 2.67. The molecule has 132 valence electrons. The lowest BCUT2D eigenvalue weighted by Crippen LogP contribution is -2.34. The van der Waals surface area contributed by atoms with Gasteiger partial charge < -0.3 is 0 Å². The number of halogens is 3. The predicted molar refractivity (Wildman–Crippen MR) is 92.7 cm³/mol. The third kappa shape index (κ3) is 9.65. The van der Waals surface area contributed by atoms with Crippen LogP contribution >= 0.6 is 0 Å². The number of alkyl halides is 3. The number of hydrogen-bond donors (Lipinski definition) is 0. The summed E-state index contributed by atoms with van der Waals surface area (Å²) in [5.41, 5.74) is 2.69. The van der Waals surface area contributed by atoms with Gasteiger partial charge in [-0.25, -0.2) is 0 Å². The largest absolute Gasteiger partial charge is 0.389 e. The molecular weight excluding hydrogens is 299 g/mol. The van der Waals surface area contributed by atoms with Gasteiger partial charge in [0.15, 0.2) is 0 Å². The summed E-state index contributed by atoms with van der Waals surface area (Å²) in [6, 6.07) is 8.73. The van der Waals surface area contributed by atoms with E-state index in [1.807, 2.05) is 0 Å². The van der Waals surface area contributed by atoms with Crippen molar-refractivity contribution in [2.24, 2.45) is 0 Å². The number of unbranched alkanes of at least 4 members (excludes halogenated alkanes) is 6. The second-order valence-corrected chi connectivity index (χ2v) is 7.27. The zero-order valence-electron chi connectivity index (χ0n) is 14.8. The Hall–Kier alpha value is -1.03. The van der Waals surface area contributed by atoms with E-state index in [4.69, 9.17) is 0 Å². The topological polar surface area (TPSA) is 0 Å². The van der Waals surface area contributed by atoms with E-state index in [0.29, 0.717) is 6.42 Å². The van der Waals surface area contributed by atoms with Crippen LogP contribution in [0.2, 0.25) is 0 Å². The van der Waals surface area contributed by atoms with E-state index >= 15 is 0 Å². The lowest BCUT2D eigenvalue weighted by atomic mass is 10.0. The molecule has 0 spiro atoms. The minimum Gasteiger partial charge on any atom is -0.298 e. The van der Waals surface area contributed by atoms with Crippen LogP contribution in [0.5, 0.6) is 0 Å². The normalized spacial score (nSPS) is 12.6. The number of nitrogens with zero attached hydrogens (tertiary/aromatic N) is 1. The molecule has 0 aliphatic heterocycles. The molecule has 1 aromatic rings. The average Bonchev–Trinajstić information content (AvgIpc) is 2.44. The molecule has 0 saturated heterocycles. The molecule has 0 atom stereocenters. The Bertz CT molecular complexity index is 447. The van der Waals surface area contributed by atoms with Crippen LogP contribution in [-0.4, -0.2) is 27.3 Å². The third-order valence-electron chi connectivity index (χ3n) is 4.11. The summed E-state index contributed by atoms with van der Waals surface area (Å²) in [5, 5.41) is 0. The lowest BCUT2D eigenvalue weighted by Gasteiger charge is -2.23. The molecule has 0 heterocycles. The van der Waals surface area contributed by atoms with Crippen LogP contribution in [0.15, 0.2) is 24.3 Å². The van der Waals surface area contributed by atoms with Crippen LogP contribution in [0.3, 0.4) is 0 Å². The molecule has 0 unspecified atom stereocenters. The summed E-state index contributed by atoms with van der Waals surface area (Å²) >= 11 is 0. The minimum absolute atomic E-state index is 0.279. The Morgan fingerprint density at radius 1 is 0.826 bits per heavy atom. The maximum absolute atomic E-state index is 12.0. The van der Waals surface area contributed by atoms with Crippen molar-refractivity contribution in [1.29, 1.82) is 0 Å². The molecule has 0 aliphatic carbocycles. The van der Waals surface area contributed by atoms with E-state index in [1.54, 1.807) is 0 Å². The Morgan fingerprint density at radius 3 is 1.96 bits per heavy atom. The first kappa shape index (κ1) is 20.0. The Balaban J connectivity index is 2.10. The number of rotatable bonds is 10. The fourth-order valence-corrected chi connectivity index (χ4v) is 2.67. The van der Waals surface area contributed by atoms with Crippen molar-refractivity contribution >= 4 is 5.69 Å². The van der Waals surface area contributed by atoms with Crippen molar-refractivity contribution in [1.82, 2.24) is 4.48 Å². The minimum atomic E-state index is -3.99. The van der Waals surface area contributed by atoms with Gasteiger partial charge in [-0.2, -0.15) is 13.2 Å². The van der Waals surface area contributed by atoms with Gasteiger partial charge in [-0.1, -0.05) is 44.2 Å². The predicted octanol–water partition coefficient (Wildman–Crippen LogP) is 6.11. The van der Waals surface area contributed by atoms with Gasteiger partial charge in [-0.15, -0.1) is 0 Å². The van der Waals surface area contributed by atoms with Crippen LogP contribution in [-0.2, 0) is 6.42 Å². The molecule has 23 heavy (non-hydrogen) atoms. The van der Waals surface area contributed by atoms with Crippen molar-refractivity contribution in [2.75, 3.05) is 21.1 Å². The zero-order valence-corrected chi connectivity index (χ0v) is 14.8. The maximum atomic E-state index is 12.0. The monoisotopic (exact) mass is 330 g/mol. The van der Waals surface area contributed by atoms with Gasteiger partial charge >= 0.3 is 6.18 Å². The molecule has 0 saturated carbocycles. The van der Waals surface area contributed by atoms with Gasteiger partial charge in [0.1, 0.15) is 5.69 Å². The quantitative estimate of drug-likeness (QED) is 0.359. The van der Waals surface area contributed by atoms with Crippen molar-refractivity contribution in [3.05, 3.63) is 29.8 Å². The second-order valence-electron chi connectivity index (χ2n) is 7.27. The Kier molecular flexibility index (Phi) is 8.10. The standard InChI is InChI=1S/C19H31F3N/c1-23(2,3)18-14-11-13-17(16-18)12-9-7-5-4-6-8-10-15-19(20,21)22/h11,13-14,16H,4-10,12,15H2,1-3H3/q+1. The number of benzene rings is 1. The molecule has 0 radical (unpaired) electrons. The first-order valence-corrected chi connectivity index (χ1v) is 8.66. The molecule has 0 N–H and O–H groups in total. The zero-order chi connectivity index (χ0) is 17.3. The Morgan fingerprint density at radius 2 is 1.39 bits per heavy atom. The van der Waals surface area contributed by atoms with Crippen molar-refractivity contribution in [3.8, 4) is 0 Å². The first-order chi connectivity index (χ1) is 10.7. The van der Waals surface area contributed by atoms with E-state index in [9.17, 15) is 13.2 Å². The molecule has 1 aromatic carbocycles. The van der Waals surface area contributed by atoms with E-state index < -0.39 is 12.6 Å². The molecule has 4 heteroatoms. The van der Waals surface area contributed by atoms with E-state index in [1.165, 1.54) is 11.3 Å². The highest BCUT2D eigenvalue weighted by molar-refractivity contribution is 5.43. The molecule has 0 aromatic heterocycles. The second kappa shape index (κ2) is 9.31. The summed E-state index contributed by atoms with van der Waals surface area (Å²) in [5.74, 6) is 0. The van der Waals surface area contributed by atoms with Crippen LogP contribution < -0.4 is 4.48 Å². The van der Waals surface area contributed by atoms with Crippen molar-refractivity contribution in [2.45, 2.75) is 64.0 Å². The molecular formula is C19H31F3N+. The number of quaternary nitrogens is 1. The molecule has 1 nitrogen and oxygen atoms in total. The maximum Gasteiger partial charge on any atom is 0.389 e. The van der Waals surface area contributed by atoms with Crippen molar-refractivity contribution < 1.29 is 13.2 Å². The summed E-state index contributed by atoms with van der Waals surface area (Å²) in [7, 11) is 6.49. The SMILES string of the molecule is C[N+](C)(C)c1cccc(CCCCCCCCCC(F)(F)F)c1. The van der Waals surface area contributed by atoms with E-state index in [0.717, 1.165) is 43.0 Å². The lowest BCUT2D eigenvalue weighted by molar-refractivity contribution is -0.135. The van der Waals surface area contributed by atoms with Gasteiger partial charge in [0.05, 0.1) is 21.1 Å². The van der Waals surface area contributed by atoms with Gasteiger partial charge in [-0.05, 0) is 30.9 Å². The number of hydrogen-bond acceptors (Lipinski definition) is 0. The third-order valence-corrected chi connectivity index (χ3v) is 4.11. The highest BCUT2D eigenvalue weighted by atomic mass is 19.4. The smallest absolute Gasteiger partial charge is 0.298 e. The van der Waals surface area contributed by atoms with Crippen LogP contribution in [0.1, 0.15) is 56.9 Å². The van der Waals surface area contributed by atoms with Gasteiger partial charge in [-0.3, -0.25) is 4.48 Å². The van der Waals surface area contributed by atoms with Crippen LogP contribution in [0.4, 0.5) is 18.9 Å². The van der Waals surface area contributed by atoms with Crippen LogP contribution in [0, 0.1) is 0 Å². The molecule has 0 amide bonds.